The first-order chi connectivity index (χ1) is 10.7. The van der Waals surface area contributed by atoms with Gasteiger partial charge < -0.3 is 9.94 Å². The summed E-state index contributed by atoms with van der Waals surface area (Å²) in [5.74, 6) is 0.393. The third-order valence-electron chi connectivity index (χ3n) is 3.23. The van der Waals surface area contributed by atoms with Crippen molar-refractivity contribution >= 4 is 11.9 Å². The predicted octanol–water partition coefficient (Wildman–Crippen LogP) is 3.35. The minimum absolute atomic E-state index is 0.393. The van der Waals surface area contributed by atoms with Crippen LogP contribution in [0, 0.1) is 19.1 Å². The Labute approximate surface area is 135 Å². The fourth-order valence-electron chi connectivity index (χ4n) is 2.23. The molecule has 0 atom stereocenters. The summed E-state index contributed by atoms with van der Waals surface area (Å²) in [6.45, 7) is 9.09. The van der Waals surface area contributed by atoms with Crippen LogP contribution in [-0.4, -0.2) is 16.7 Å². The van der Waals surface area contributed by atoms with E-state index in [0.717, 1.165) is 21.4 Å². The molecule has 2 aromatic heterocycles. The van der Waals surface area contributed by atoms with E-state index in [4.69, 9.17) is 4.74 Å². The standard InChI is InChI=1S/C17H21N3O3/c1-11-8-9-20(22)12(2)15(11)13-6-7-14(18-10-13)19-16(21)23-17(3,4)5/h6-10H,1-5H3,(H,18,19,21). The summed E-state index contributed by atoms with van der Waals surface area (Å²) in [5.41, 5.74) is 2.70. The second-order valence-corrected chi connectivity index (χ2v) is 6.34. The molecule has 2 rings (SSSR count). The van der Waals surface area contributed by atoms with Crippen molar-refractivity contribution in [1.82, 2.24) is 4.98 Å². The Morgan fingerprint density at radius 2 is 1.96 bits per heavy atom. The first-order valence-electron chi connectivity index (χ1n) is 7.33. The zero-order valence-electron chi connectivity index (χ0n) is 14.0. The van der Waals surface area contributed by atoms with Crippen molar-refractivity contribution in [3.63, 3.8) is 0 Å². The molecule has 6 heteroatoms. The smallest absolute Gasteiger partial charge is 0.413 e. The van der Waals surface area contributed by atoms with Gasteiger partial charge in [0.15, 0.2) is 11.9 Å². The van der Waals surface area contributed by atoms with E-state index in [2.05, 4.69) is 10.3 Å². The molecule has 0 aliphatic carbocycles. The number of anilines is 1. The van der Waals surface area contributed by atoms with Gasteiger partial charge >= 0.3 is 6.09 Å². The third-order valence-corrected chi connectivity index (χ3v) is 3.23. The first kappa shape index (κ1) is 16.7. The number of pyridine rings is 2. The molecule has 0 spiro atoms. The van der Waals surface area contributed by atoms with Crippen LogP contribution in [0.3, 0.4) is 0 Å². The van der Waals surface area contributed by atoms with Crippen molar-refractivity contribution in [2.45, 2.75) is 40.2 Å². The highest BCUT2D eigenvalue weighted by atomic mass is 16.6. The molecular weight excluding hydrogens is 294 g/mol. The maximum atomic E-state index is 11.7. The second-order valence-electron chi connectivity index (χ2n) is 6.34. The van der Waals surface area contributed by atoms with Crippen LogP contribution in [0.1, 0.15) is 32.0 Å². The van der Waals surface area contributed by atoms with Crippen molar-refractivity contribution in [3.8, 4) is 11.1 Å². The quantitative estimate of drug-likeness (QED) is 0.681. The maximum absolute atomic E-state index is 11.7. The molecule has 0 saturated carbocycles. The molecule has 122 valence electrons. The van der Waals surface area contributed by atoms with E-state index in [9.17, 15) is 10.0 Å². The number of amides is 1. The van der Waals surface area contributed by atoms with Gasteiger partial charge in [0.1, 0.15) is 11.4 Å². The third kappa shape index (κ3) is 4.18. The molecule has 0 saturated heterocycles. The minimum Gasteiger partial charge on any atom is -0.618 e. The lowest BCUT2D eigenvalue weighted by Crippen LogP contribution is -2.30. The second kappa shape index (κ2) is 6.24. The highest BCUT2D eigenvalue weighted by Crippen LogP contribution is 2.25. The van der Waals surface area contributed by atoms with Gasteiger partial charge in [0.05, 0.1) is 5.56 Å². The van der Waals surface area contributed by atoms with E-state index >= 15 is 0 Å². The van der Waals surface area contributed by atoms with Gasteiger partial charge in [0, 0.05) is 24.8 Å². The van der Waals surface area contributed by atoms with Crippen LogP contribution in [-0.2, 0) is 4.74 Å². The van der Waals surface area contributed by atoms with Crippen LogP contribution in [0.2, 0.25) is 0 Å². The van der Waals surface area contributed by atoms with Gasteiger partial charge in [-0.25, -0.2) is 9.78 Å². The average Bonchev–Trinajstić information content (AvgIpc) is 2.43. The number of carbonyl (C=O) groups is 1. The molecule has 6 nitrogen and oxygen atoms in total. The predicted molar refractivity (Wildman–Crippen MR) is 88.0 cm³/mol. The van der Waals surface area contributed by atoms with E-state index in [1.807, 2.05) is 13.0 Å². The normalized spacial score (nSPS) is 11.2. The van der Waals surface area contributed by atoms with Crippen molar-refractivity contribution in [3.05, 3.63) is 47.1 Å². The molecule has 0 radical (unpaired) electrons. The first-order valence-corrected chi connectivity index (χ1v) is 7.33. The van der Waals surface area contributed by atoms with Crippen LogP contribution in [0.5, 0.6) is 0 Å². The zero-order valence-corrected chi connectivity index (χ0v) is 14.0. The Bertz CT molecular complexity index is 719. The maximum Gasteiger partial charge on any atom is 0.413 e. The van der Waals surface area contributed by atoms with Crippen molar-refractivity contribution in [2.75, 3.05) is 5.32 Å². The lowest BCUT2D eigenvalue weighted by molar-refractivity contribution is -0.611. The van der Waals surface area contributed by atoms with Crippen molar-refractivity contribution < 1.29 is 14.3 Å². The molecule has 2 heterocycles. The molecule has 2 aromatic rings. The summed E-state index contributed by atoms with van der Waals surface area (Å²) < 4.78 is 6.00. The van der Waals surface area contributed by atoms with Gasteiger partial charge in [-0.1, -0.05) is 0 Å². The Hall–Kier alpha value is -2.63. The van der Waals surface area contributed by atoms with E-state index in [0.29, 0.717) is 11.5 Å². The number of aromatic nitrogens is 2. The average molecular weight is 315 g/mol. The summed E-state index contributed by atoms with van der Waals surface area (Å²) >= 11 is 0. The topological polar surface area (TPSA) is 78.2 Å². The number of nitrogens with zero attached hydrogens (tertiary/aromatic N) is 2. The van der Waals surface area contributed by atoms with Gasteiger partial charge in [0.2, 0.25) is 0 Å². The Balaban J connectivity index is 2.21. The number of rotatable bonds is 2. The van der Waals surface area contributed by atoms with Crippen LogP contribution >= 0.6 is 0 Å². The summed E-state index contributed by atoms with van der Waals surface area (Å²) in [6.07, 6.45) is 2.56. The largest absolute Gasteiger partial charge is 0.618 e. The van der Waals surface area contributed by atoms with Crippen LogP contribution in [0.4, 0.5) is 10.6 Å². The van der Waals surface area contributed by atoms with E-state index in [1.165, 1.54) is 6.20 Å². The number of hydrogen-bond acceptors (Lipinski definition) is 4. The number of aryl methyl sites for hydroxylation is 1. The van der Waals surface area contributed by atoms with Gasteiger partial charge in [-0.2, -0.15) is 4.73 Å². The van der Waals surface area contributed by atoms with Gasteiger partial charge in [0.25, 0.3) is 0 Å². The number of hydrogen-bond donors (Lipinski definition) is 1. The molecule has 23 heavy (non-hydrogen) atoms. The molecule has 1 amide bonds. The summed E-state index contributed by atoms with van der Waals surface area (Å²) in [5, 5.41) is 14.3. The van der Waals surface area contributed by atoms with Crippen molar-refractivity contribution in [2.24, 2.45) is 0 Å². The lowest BCUT2D eigenvalue weighted by atomic mass is 10.0. The van der Waals surface area contributed by atoms with Crippen molar-refractivity contribution in [1.29, 1.82) is 0 Å². The molecule has 0 aliphatic rings. The highest BCUT2D eigenvalue weighted by molar-refractivity contribution is 5.84. The molecule has 1 N–H and O–H groups in total. The Kier molecular flexibility index (Phi) is 4.54. The number of ether oxygens (including phenoxy) is 1. The Morgan fingerprint density at radius 3 is 2.52 bits per heavy atom. The fourth-order valence-corrected chi connectivity index (χ4v) is 2.23. The van der Waals surface area contributed by atoms with Gasteiger partial charge in [-0.15, -0.1) is 0 Å². The van der Waals surface area contributed by atoms with E-state index in [-0.39, 0.29) is 0 Å². The van der Waals surface area contributed by atoms with Gasteiger partial charge in [-0.3, -0.25) is 5.32 Å². The lowest BCUT2D eigenvalue weighted by Gasteiger charge is -2.19. The van der Waals surface area contributed by atoms with Crippen LogP contribution in [0.15, 0.2) is 30.6 Å². The zero-order chi connectivity index (χ0) is 17.2. The highest BCUT2D eigenvalue weighted by Gasteiger charge is 2.17. The molecule has 0 aliphatic heterocycles. The molecule has 0 aromatic carbocycles. The monoisotopic (exact) mass is 315 g/mol. The molecule has 0 fully saturated rings. The summed E-state index contributed by atoms with van der Waals surface area (Å²) in [6, 6.07) is 5.26. The van der Waals surface area contributed by atoms with E-state index < -0.39 is 11.7 Å². The molecule has 0 unspecified atom stereocenters. The molecular formula is C17H21N3O3. The van der Waals surface area contributed by atoms with Crippen LogP contribution in [0.25, 0.3) is 11.1 Å². The SMILES string of the molecule is Cc1cc[n+]([O-])c(C)c1-c1ccc(NC(=O)OC(C)(C)C)nc1. The number of carbonyl (C=O) groups excluding carboxylic acids is 1. The summed E-state index contributed by atoms with van der Waals surface area (Å²) in [7, 11) is 0. The molecule has 0 bridgehead atoms. The van der Waals surface area contributed by atoms with Gasteiger partial charge in [-0.05, 0) is 45.4 Å². The Morgan fingerprint density at radius 1 is 1.26 bits per heavy atom. The van der Waals surface area contributed by atoms with E-state index in [1.54, 1.807) is 46.0 Å². The van der Waals surface area contributed by atoms with Crippen LogP contribution < -0.4 is 10.0 Å². The summed E-state index contributed by atoms with van der Waals surface area (Å²) in [4.78, 5) is 15.9. The fraction of sp³-hybridized carbons (Fsp3) is 0.353. The number of nitrogens with one attached hydrogen (secondary N) is 1. The minimum atomic E-state index is -0.565.